The molecule has 0 aliphatic carbocycles. The van der Waals surface area contributed by atoms with Gasteiger partial charge in [0, 0.05) is 6.54 Å². The molecule has 0 saturated heterocycles. The third-order valence-corrected chi connectivity index (χ3v) is 2.14. The third kappa shape index (κ3) is 4.26. The molecule has 0 aromatic heterocycles. The summed E-state index contributed by atoms with van der Waals surface area (Å²) in [6.07, 6.45) is 0.947. The molecule has 0 aliphatic heterocycles. The lowest BCUT2D eigenvalue weighted by atomic mass is 10.2. The quantitative estimate of drug-likeness (QED) is 0.748. The Morgan fingerprint density at radius 1 is 1.24 bits per heavy atom. The van der Waals surface area contributed by atoms with Crippen LogP contribution in [0.3, 0.4) is 0 Å². The largest absolute Gasteiger partial charge is 0.485 e. The van der Waals surface area contributed by atoms with Gasteiger partial charge in [-0.2, -0.15) is 0 Å². The Hall–Kier alpha value is -1.23. The molecule has 96 valence electrons. The zero-order valence-corrected chi connectivity index (χ0v) is 9.73. The number of rotatable bonds is 7. The normalized spacial score (nSPS) is 10.6. The van der Waals surface area contributed by atoms with Gasteiger partial charge in [0.2, 0.25) is 0 Å². The Kier molecular flexibility index (Phi) is 5.83. The van der Waals surface area contributed by atoms with Gasteiger partial charge in [-0.15, -0.1) is 0 Å². The van der Waals surface area contributed by atoms with Crippen LogP contribution in [0.5, 0.6) is 5.75 Å². The first kappa shape index (κ1) is 13.8. The molecular weight excluding hydrogens is 231 g/mol. The summed E-state index contributed by atoms with van der Waals surface area (Å²) in [4.78, 5) is 0. The summed E-state index contributed by atoms with van der Waals surface area (Å²) in [7, 11) is 0. The predicted molar refractivity (Wildman–Crippen MR) is 59.8 cm³/mol. The Morgan fingerprint density at radius 3 is 2.41 bits per heavy atom. The van der Waals surface area contributed by atoms with Crippen LogP contribution < -0.4 is 10.1 Å². The Balaban J connectivity index is 2.71. The van der Waals surface area contributed by atoms with Crippen LogP contribution in [-0.4, -0.2) is 19.8 Å². The van der Waals surface area contributed by atoms with Gasteiger partial charge in [0.15, 0.2) is 17.4 Å². The second kappa shape index (κ2) is 7.17. The third-order valence-electron chi connectivity index (χ3n) is 2.14. The van der Waals surface area contributed by atoms with E-state index in [0.29, 0.717) is 12.1 Å². The van der Waals surface area contributed by atoms with E-state index in [2.05, 4.69) is 10.1 Å². The summed E-state index contributed by atoms with van der Waals surface area (Å²) in [5.41, 5.74) is 0.501. The van der Waals surface area contributed by atoms with Crippen LogP contribution in [0, 0.1) is 11.6 Å². The van der Waals surface area contributed by atoms with E-state index in [-0.39, 0.29) is 6.61 Å². The maximum Gasteiger partial charge on any atom is 0.190 e. The van der Waals surface area contributed by atoms with Gasteiger partial charge in [-0.05, 0) is 30.7 Å². The topological polar surface area (TPSA) is 21.3 Å². The molecule has 0 radical (unpaired) electrons. The second-order valence-corrected chi connectivity index (χ2v) is 3.60. The number of benzene rings is 1. The molecule has 0 atom stereocenters. The van der Waals surface area contributed by atoms with E-state index in [1.54, 1.807) is 0 Å². The minimum Gasteiger partial charge on any atom is -0.485 e. The number of alkyl halides is 1. The van der Waals surface area contributed by atoms with Crippen molar-refractivity contribution >= 4 is 0 Å². The average Bonchev–Trinajstić information content (AvgIpc) is 2.28. The van der Waals surface area contributed by atoms with E-state index in [1.165, 1.54) is 12.1 Å². The molecule has 0 unspecified atom stereocenters. The molecule has 0 amide bonds. The van der Waals surface area contributed by atoms with Crippen LogP contribution in [0.25, 0.3) is 0 Å². The van der Waals surface area contributed by atoms with Gasteiger partial charge in [0.1, 0.15) is 13.3 Å². The van der Waals surface area contributed by atoms with Crippen molar-refractivity contribution in [3.8, 4) is 5.75 Å². The van der Waals surface area contributed by atoms with Crippen molar-refractivity contribution in [3.63, 3.8) is 0 Å². The molecule has 0 fully saturated rings. The second-order valence-electron chi connectivity index (χ2n) is 3.60. The van der Waals surface area contributed by atoms with Crippen molar-refractivity contribution in [3.05, 3.63) is 29.3 Å². The highest BCUT2D eigenvalue weighted by Crippen LogP contribution is 2.23. The van der Waals surface area contributed by atoms with Crippen molar-refractivity contribution in [1.82, 2.24) is 5.32 Å². The molecule has 1 aromatic rings. The molecule has 1 rings (SSSR count). The van der Waals surface area contributed by atoms with Crippen LogP contribution in [0.2, 0.25) is 0 Å². The molecule has 0 heterocycles. The van der Waals surface area contributed by atoms with Gasteiger partial charge in [-0.1, -0.05) is 6.92 Å². The van der Waals surface area contributed by atoms with Crippen molar-refractivity contribution < 1.29 is 17.9 Å². The minimum absolute atomic E-state index is 0.346. The first-order valence-electron chi connectivity index (χ1n) is 5.56. The number of hydrogen-bond donors (Lipinski definition) is 1. The standard InChI is InChI=1S/C12H16F3NO/c1-2-4-16-8-9-6-10(14)12(11(15)7-9)17-5-3-13/h6-7,16H,2-5,8H2,1H3. The molecule has 17 heavy (non-hydrogen) atoms. The Bertz CT molecular complexity index is 335. The van der Waals surface area contributed by atoms with Gasteiger partial charge in [0.05, 0.1) is 0 Å². The Morgan fingerprint density at radius 2 is 1.88 bits per heavy atom. The van der Waals surface area contributed by atoms with Crippen LogP contribution in [0.4, 0.5) is 13.2 Å². The van der Waals surface area contributed by atoms with Crippen LogP contribution in [0.1, 0.15) is 18.9 Å². The fourth-order valence-corrected chi connectivity index (χ4v) is 1.40. The molecule has 5 heteroatoms. The van der Waals surface area contributed by atoms with E-state index in [9.17, 15) is 13.2 Å². The van der Waals surface area contributed by atoms with E-state index < -0.39 is 24.1 Å². The first-order chi connectivity index (χ1) is 8.19. The lowest BCUT2D eigenvalue weighted by Crippen LogP contribution is -2.14. The number of halogens is 3. The molecular formula is C12H16F3NO. The van der Waals surface area contributed by atoms with Crippen molar-refractivity contribution in [2.45, 2.75) is 19.9 Å². The molecule has 2 nitrogen and oxygen atoms in total. The van der Waals surface area contributed by atoms with Gasteiger partial charge >= 0.3 is 0 Å². The Labute approximate surface area is 98.8 Å². The number of hydrogen-bond acceptors (Lipinski definition) is 2. The van der Waals surface area contributed by atoms with Crippen molar-refractivity contribution in [2.24, 2.45) is 0 Å². The summed E-state index contributed by atoms with van der Waals surface area (Å²) in [6.45, 7) is 2.05. The fraction of sp³-hybridized carbons (Fsp3) is 0.500. The smallest absolute Gasteiger partial charge is 0.190 e. The van der Waals surface area contributed by atoms with E-state index in [4.69, 9.17) is 0 Å². The van der Waals surface area contributed by atoms with E-state index in [0.717, 1.165) is 13.0 Å². The molecule has 1 N–H and O–H groups in total. The summed E-state index contributed by atoms with van der Waals surface area (Å²) in [5, 5.41) is 3.03. The molecule has 0 bridgehead atoms. The van der Waals surface area contributed by atoms with Crippen molar-refractivity contribution in [2.75, 3.05) is 19.8 Å². The highest BCUT2D eigenvalue weighted by atomic mass is 19.1. The van der Waals surface area contributed by atoms with Gasteiger partial charge < -0.3 is 10.1 Å². The maximum atomic E-state index is 13.4. The fourth-order valence-electron chi connectivity index (χ4n) is 1.40. The van der Waals surface area contributed by atoms with E-state index >= 15 is 0 Å². The van der Waals surface area contributed by atoms with Crippen LogP contribution in [-0.2, 0) is 6.54 Å². The summed E-state index contributed by atoms with van der Waals surface area (Å²) in [6, 6.07) is 2.39. The van der Waals surface area contributed by atoms with E-state index in [1.807, 2.05) is 6.92 Å². The number of nitrogens with one attached hydrogen (secondary N) is 1. The zero-order chi connectivity index (χ0) is 12.7. The predicted octanol–water partition coefficient (Wildman–Crippen LogP) is 2.81. The number of ether oxygens (including phenoxy) is 1. The highest BCUT2D eigenvalue weighted by molar-refractivity contribution is 5.31. The molecule has 0 saturated carbocycles. The monoisotopic (exact) mass is 247 g/mol. The van der Waals surface area contributed by atoms with Gasteiger partial charge in [-0.3, -0.25) is 0 Å². The maximum absolute atomic E-state index is 13.4. The summed E-state index contributed by atoms with van der Waals surface area (Å²) < 4.78 is 43.4. The minimum atomic E-state index is -0.799. The highest BCUT2D eigenvalue weighted by Gasteiger charge is 2.12. The lowest BCUT2D eigenvalue weighted by molar-refractivity contribution is 0.251. The molecule has 0 spiro atoms. The zero-order valence-electron chi connectivity index (χ0n) is 9.73. The average molecular weight is 247 g/mol. The molecule has 1 aromatic carbocycles. The van der Waals surface area contributed by atoms with Gasteiger partial charge in [-0.25, -0.2) is 13.2 Å². The first-order valence-corrected chi connectivity index (χ1v) is 5.56. The summed E-state index contributed by atoms with van der Waals surface area (Å²) in [5.74, 6) is -2.11. The van der Waals surface area contributed by atoms with Crippen molar-refractivity contribution in [1.29, 1.82) is 0 Å². The molecule has 0 aliphatic rings. The summed E-state index contributed by atoms with van der Waals surface area (Å²) >= 11 is 0. The van der Waals surface area contributed by atoms with Crippen LogP contribution >= 0.6 is 0 Å². The van der Waals surface area contributed by atoms with Crippen LogP contribution in [0.15, 0.2) is 12.1 Å². The SMILES string of the molecule is CCCNCc1cc(F)c(OCCF)c(F)c1. The lowest BCUT2D eigenvalue weighted by Gasteiger charge is -2.09. The van der Waals surface area contributed by atoms with Gasteiger partial charge in [0.25, 0.3) is 0 Å².